The number of carbonyl (C=O) groups is 2. The number of aryl methyl sites for hydroxylation is 1. The van der Waals surface area contributed by atoms with Crippen molar-refractivity contribution < 1.29 is 28.2 Å². The van der Waals surface area contributed by atoms with Crippen molar-refractivity contribution in [3.8, 4) is 5.75 Å². The van der Waals surface area contributed by atoms with Gasteiger partial charge in [-0.15, -0.1) is 0 Å². The maximum absolute atomic E-state index is 13.4. The summed E-state index contributed by atoms with van der Waals surface area (Å²) < 4.78 is 24.9. The summed E-state index contributed by atoms with van der Waals surface area (Å²) in [6.45, 7) is 2.27. The third-order valence-electron chi connectivity index (χ3n) is 6.30. The first kappa shape index (κ1) is 24.1. The number of benzene rings is 3. The molecule has 1 N–H and O–H groups in total. The quantitative estimate of drug-likeness (QED) is 0.195. The van der Waals surface area contributed by atoms with E-state index in [2.05, 4.69) is 0 Å². The number of aliphatic hydroxyl groups excluding tert-OH is 1. The van der Waals surface area contributed by atoms with Crippen molar-refractivity contribution in [3.63, 3.8) is 0 Å². The molecule has 4 aromatic rings. The molecule has 1 aliphatic rings. The number of likely N-dealkylation sites (tertiary alicyclic amines) is 1. The molecule has 2 heterocycles. The van der Waals surface area contributed by atoms with Gasteiger partial charge < -0.3 is 19.2 Å². The van der Waals surface area contributed by atoms with E-state index in [0.29, 0.717) is 29.2 Å². The number of carbonyl (C=O) groups excluding carboxylic acids is 2. The third kappa shape index (κ3) is 4.89. The Labute approximate surface area is 213 Å². The lowest BCUT2D eigenvalue weighted by molar-refractivity contribution is -0.140. The molecule has 1 atom stereocenters. The number of hydrogen-bond acceptors (Lipinski definition) is 5. The van der Waals surface area contributed by atoms with E-state index in [0.717, 1.165) is 11.1 Å². The van der Waals surface area contributed by atoms with E-state index in [1.807, 2.05) is 37.3 Å². The van der Waals surface area contributed by atoms with Crippen LogP contribution >= 0.6 is 0 Å². The largest absolute Gasteiger partial charge is 0.507 e. The summed E-state index contributed by atoms with van der Waals surface area (Å²) >= 11 is 0. The Morgan fingerprint density at radius 2 is 1.73 bits per heavy atom. The topological polar surface area (TPSA) is 80.0 Å². The molecule has 3 aromatic carbocycles. The summed E-state index contributed by atoms with van der Waals surface area (Å²) in [6.07, 6.45) is 1.44. The normalized spacial score (nSPS) is 16.8. The zero-order chi connectivity index (χ0) is 25.9. The highest BCUT2D eigenvalue weighted by Crippen LogP contribution is 2.40. The van der Waals surface area contributed by atoms with Crippen LogP contribution in [-0.2, 0) is 22.7 Å². The van der Waals surface area contributed by atoms with Gasteiger partial charge in [0.15, 0.2) is 0 Å². The lowest BCUT2D eigenvalue weighted by Gasteiger charge is -2.23. The highest BCUT2D eigenvalue weighted by atomic mass is 19.1. The number of ether oxygens (including phenoxy) is 1. The number of rotatable bonds is 7. The van der Waals surface area contributed by atoms with Crippen LogP contribution in [0.1, 0.15) is 34.1 Å². The molecule has 0 saturated carbocycles. The fourth-order valence-corrected chi connectivity index (χ4v) is 4.42. The highest BCUT2D eigenvalue weighted by Gasteiger charge is 2.47. The molecule has 1 saturated heterocycles. The van der Waals surface area contributed by atoms with Crippen molar-refractivity contribution >= 4 is 17.4 Å². The number of Topliss-reactive ketones (excluding diaryl/α,β-unsaturated/α-hetero) is 1. The first-order chi connectivity index (χ1) is 17.9. The van der Waals surface area contributed by atoms with Crippen LogP contribution in [0.25, 0.3) is 5.76 Å². The maximum Gasteiger partial charge on any atom is 0.296 e. The second kappa shape index (κ2) is 10.1. The van der Waals surface area contributed by atoms with E-state index < -0.39 is 23.5 Å². The molecule has 1 unspecified atom stereocenters. The zero-order valence-corrected chi connectivity index (χ0v) is 20.1. The van der Waals surface area contributed by atoms with Crippen LogP contribution in [0.2, 0.25) is 0 Å². The fraction of sp³-hybridized carbons (Fsp3) is 0.133. The predicted octanol–water partition coefficient (Wildman–Crippen LogP) is 5.93. The lowest BCUT2D eigenvalue weighted by atomic mass is 9.98. The number of ketones is 1. The van der Waals surface area contributed by atoms with Crippen molar-refractivity contribution in [1.82, 2.24) is 4.90 Å². The molecule has 6 nitrogen and oxygen atoms in total. The standard InChI is InChI=1S/C30H24FNO5/c1-19-16-22(11-14-24(19)37-18-21-6-3-2-4-7-21)28(33)26-27(25-8-5-15-36-25)32(30(35)29(26)34)17-20-9-12-23(31)13-10-20/h2-16,27,33H,17-18H2,1H3/b28-26-. The van der Waals surface area contributed by atoms with E-state index >= 15 is 0 Å². The smallest absolute Gasteiger partial charge is 0.296 e. The van der Waals surface area contributed by atoms with Gasteiger partial charge >= 0.3 is 0 Å². The summed E-state index contributed by atoms with van der Waals surface area (Å²) in [5.74, 6) is -1.32. The number of hydrogen-bond donors (Lipinski definition) is 1. The van der Waals surface area contributed by atoms with Crippen LogP contribution < -0.4 is 4.74 Å². The summed E-state index contributed by atoms with van der Waals surface area (Å²) in [6, 6.07) is 22.9. The SMILES string of the molecule is Cc1cc(/C(O)=C2/C(=O)C(=O)N(Cc3ccc(F)cc3)C2c2ccco2)ccc1OCc1ccccc1. The molecule has 0 bridgehead atoms. The average molecular weight is 498 g/mol. The minimum absolute atomic E-state index is 0.0400. The zero-order valence-electron chi connectivity index (χ0n) is 20.1. The molecular weight excluding hydrogens is 473 g/mol. The monoisotopic (exact) mass is 497 g/mol. The Hall–Kier alpha value is -4.65. The van der Waals surface area contributed by atoms with Crippen LogP contribution in [-0.4, -0.2) is 21.7 Å². The van der Waals surface area contributed by atoms with Gasteiger partial charge in [-0.2, -0.15) is 0 Å². The van der Waals surface area contributed by atoms with Crippen LogP contribution in [0, 0.1) is 12.7 Å². The second-order valence-electron chi connectivity index (χ2n) is 8.82. The van der Waals surface area contributed by atoms with Crippen molar-refractivity contribution in [1.29, 1.82) is 0 Å². The van der Waals surface area contributed by atoms with Crippen molar-refractivity contribution in [2.45, 2.75) is 26.1 Å². The molecule has 37 heavy (non-hydrogen) atoms. The Kier molecular flexibility index (Phi) is 6.60. The summed E-state index contributed by atoms with van der Waals surface area (Å²) in [5.41, 5.74) is 2.72. The Morgan fingerprint density at radius 3 is 2.41 bits per heavy atom. The number of nitrogens with zero attached hydrogens (tertiary/aromatic N) is 1. The molecule has 1 amide bonds. The predicted molar refractivity (Wildman–Crippen MR) is 135 cm³/mol. The van der Waals surface area contributed by atoms with Crippen molar-refractivity contribution in [2.75, 3.05) is 0 Å². The van der Waals surface area contributed by atoms with Gasteiger partial charge in [0.2, 0.25) is 0 Å². The van der Waals surface area contributed by atoms with Gasteiger partial charge in [-0.3, -0.25) is 9.59 Å². The minimum atomic E-state index is -0.936. The maximum atomic E-state index is 13.4. The van der Waals surface area contributed by atoms with E-state index in [-0.39, 0.29) is 17.9 Å². The van der Waals surface area contributed by atoms with Crippen LogP contribution in [0.5, 0.6) is 5.75 Å². The van der Waals surface area contributed by atoms with E-state index in [1.54, 1.807) is 42.5 Å². The molecular formula is C30H24FNO5. The number of amides is 1. The van der Waals surface area contributed by atoms with Crippen LogP contribution in [0.3, 0.4) is 0 Å². The molecule has 1 aliphatic heterocycles. The molecule has 1 aromatic heterocycles. The van der Waals surface area contributed by atoms with E-state index in [4.69, 9.17) is 9.15 Å². The van der Waals surface area contributed by atoms with Gasteiger partial charge in [0, 0.05) is 12.1 Å². The number of furan rings is 1. The molecule has 0 spiro atoms. The minimum Gasteiger partial charge on any atom is -0.507 e. The van der Waals surface area contributed by atoms with Gasteiger partial charge in [0.05, 0.1) is 11.8 Å². The highest BCUT2D eigenvalue weighted by molar-refractivity contribution is 6.46. The van der Waals surface area contributed by atoms with Crippen molar-refractivity contribution in [3.05, 3.63) is 131 Å². The molecule has 1 fully saturated rings. The Bertz CT molecular complexity index is 1460. The summed E-state index contributed by atoms with van der Waals surface area (Å²) in [4.78, 5) is 27.5. The lowest BCUT2D eigenvalue weighted by Crippen LogP contribution is -2.29. The Morgan fingerprint density at radius 1 is 0.973 bits per heavy atom. The first-order valence-electron chi connectivity index (χ1n) is 11.8. The second-order valence-corrected chi connectivity index (χ2v) is 8.82. The Balaban J connectivity index is 1.48. The first-order valence-corrected chi connectivity index (χ1v) is 11.8. The van der Waals surface area contributed by atoms with E-state index in [9.17, 15) is 19.1 Å². The molecule has 0 aliphatic carbocycles. The van der Waals surface area contributed by atoms with Gasteiger partial charge in [-0.1, -0.05) is 42.5 Å². The van der Waals surface area contributed by atoms with Crippen LogP contribution in [0.4, 0.5) is 4.39 Å². The summed E-state index contributed by atoms with van der Waals surface area (Å²) in [5, 5.41) is 11.3. The number of aliphatic hydroxyl groups is 1. The molecule has 5 rings (SSSR count). The van der Waals surface area contributed by atoms with Gasteiger partial charge in [-0.25, -0.2) is 4.39 Å². The average Bonchev–Trinajstić information content (AvgIpc) is 3.52. The van der Waals surface area contributed by atoms with Gasteiger partial charge in [0.25, 0.3) is 11.7 Å². The van der Waals surface area contributed by atoms with Crippen molar-refractivity contribution in [2.24, 2.45) is 0 Å². The van der Waals surface area contributed by atoms with Gasteiger partial charge in [0.1, 0.15) is 35.7 Å². The molecule has 7 heteroatoms. The fourth-order valence-electron chi connectivity index (χ4n) is 4.42. The van der Waals surface area contributed by atoms with Crippen LogP contribution in [0.15, 0.2) is 101 Å². The number of halogens is 1. The molecule has 0 radical (unpaired) electrons. The third-order valence-corrected chi connectivity index (χ3v) is 6.30. The van der Waals surface area contributed by atoms with Gasteiger partial charge in [-0.05, 0) is 66.1 Å². The van der Waals surface area contributed by atoms with E-state index in [1.165, 1.54) is 23.3 Å². The molecule has 186 valence electrons. The summed E-state index contributed by atoms with van der Waals surface area (Å²) in [7, 11) is 0.